The topological polar surface area (TPSA) is 63.9 Å². The van der Waals surface area contributed by atoms with Crippen LogP contribution in [0.1, 0.15) is 31.7 Å². The minimum Gasteiger partial charge on any atom is -0.342 e. The molecule has 0 radical (unpaired) electrons. The van der Waals surface area contributed by atoms with Crippen molar-refractivity contribution < 1.29 is 4.79 Å². The molecule has 1 atom stereocenters. The molecule has 1 saturated heterocycles. The van der Waals surface area contributed by atoms with Gasteiger partial charge in [-0.1, -0.05) is 42.1 Å². The summed E-state index contributed by atoms with van der Waals surface area (Å²) in [6.07, 6.45) is 6.92. The SMILES string of the molecule is C[C@@H](Sc1nnc(-c2ccncc2)n1Cc1ccccc1)C(=O)N1CCCCC1. The first-order chi connectivity index (χ1) is 14.2. The van der Waals surface area contributed by atoms with Crippen molar-refractivity contribution in [3.63, 3.8) is 0 Å². The Hall–Kier alpha value is -2.67. The number of pyridine rings is 1. The molecule has 0 aliphatic carbocycles. The zero-order valence-electron chi connectivity index (χ0n) is 16.6. The number of benzene rings is 1. The average Bonchev–Trinajstić information content (AvgIpc) is 3.17. The predicted octanol–water partition coefficient (Wildman–Crippen LogP) is 3.88. The summed E-state index contributed by atoms with van der Waals surface area (Å²) in [7, 11) is 0. The molecule has 7 heteroatoms. The molecular formula is C22H25N5OS. The van der Waals surface area contributed by atoms with Crippen LogP contribution in [0.4, 0.5) is 0 Å². The van der Waals surface area contributed by atoms with E-state index in [9.17, 15) is 4.79 Å². The van der Waals surface area contributed by atoms with Gasteiger partial charge in [0.2, 0.25) is 5.91 Å². The summed E-state index contributed by atoms with van der Waals surface area (Å²) in [6, 6.07) is 14.1. The minimum atomic E-state index is -0.197. The van der Waals surface area contributed by atoms with Crippen molar-refractivity contribution in [1.29, 1.82) is 0 Å². The van der Waals surface area contributed by atoms with Gasteiger partial charge in [0.1, 0.15) is 0 Å². The third kappa shape index (κ3) is 4.67. The van der Waals surface area contributed by atoms with Crippen molar-refractivity contribution in [2.24, 2.45) is 0 Å². The van der Waals surface area contributed by atoms with Crippen LogP contribution in [0.15, 0.2) is 60.0 Å². The number of piperidine rings is 1. The molecule has 0 saturated carbocycles. The van der Waals surface area contributed by atoms with Gasteiger partial charge in [-0.15, -0.1) is 10.2 Å². The number of rotatable bonds is 6. The second-order valence-corrected chi connectivity index (χ2v) is 8.57. The lowest BCUT2D eigenvalue weighted by atomic mass is 10.1. The molecule has 0 N–H and O–H groups in total. The van der Waals surface area contributed by atoms with Gasteiger partial charge in [-0.25, -0.2) is 0 Å². The number of hydrogen-bond acceptors (Lipinski definition) is 5. The van der Waals surface area contributed by atoms with Gasteiger partial charge >= 0.3 is 0 Å². The van der Waals surface area contributed by atoms with Crippen molar-refractivity contribution in [1.82, 2.24) is 24.6 Å². The van der Waals surface area contributed by atoms with Gasteiger partial charge in [0.15, 0.2) is 11.0 Å². The number of aromatic nitrogens is 4. The molecule has 2 aromatic heterocycles. The Morgan fingerprint density at radius 1 is 1.03 bits per heavy atom. The maximum Gasteiger partial charge on any atom is 0.235 e. The summed E-state index contributed by atoms with van der Waals surface area (Å²) in [6.45, 7) is 4.35. The summed E-state index contributed by atoms with van der Waals surface area (Å²) in [5.41, 5.74) is 2.13. The Morgan fingerprint density at radius 3 is 2.48 bits per heavy atom. The van der Waals surface area contributed by atoms with E-state index < -0.39 is 0 Å². The van der Waals surface area contributed by atoms with E-state index in [-0.39, 0.29) is 11.2 Å². The average molecular weight is 408 g/mol. The molecule has 1 fully saturated rings. The monoisotopic (exact) mass is 407 g/mol. The van der Waals surface area contributed by atoms with E-state index in [1.807, 2.05) is 42.2 Å². The highest BCUT2D eigenvalue weighted by molar-refractivity contribution is 8.00. The molecule has 150 valence electrons. The lowest BCUT2D eigenvalue weighted by molar-refractivity contribution is -0.131. The largest absolute Gasteiger partial charge is 0.342 e. The van der Waals surface area contributed by atoms with E-state index in [4.69, 9.17) is 0 Å². The molecule has 1 aromatic carbocycles. The number of likely N-dealkylation sites (tertiary alicyclic amines) is 1. The van der Waals surface area contributed by atoms with Crippen LogP contribution in [0.2, 0.25) is 0 Å². The molecule has 0 bridgehead atoms. The fraction of sp³-hybridized carbons (Fsp3) is 0.364. The van der Waals surface area contributed by atoms with Crippen LogP contribution in [0.3, 0.4) is 0 Å². The number of nitrogens with zero attached hydrogens (tertiary/aromatic N) is 5. The molecule has 0 spiro atoms. The van der Waals surface area contributed by atoms with E-state index >= 15 is 0 Å². The third-order valence-corrected chi connectivity index (χ3v) is 6.20. The highest BCUT2D eigenvalue weighted by Crippen LogP contribution is 2.29. The smallest absolute Gasteiger partial charge is 0.235 e. The van der Waals surface area contributed by atoms with E-state index in [0.717, 1.165) is 42.5 Å². The summed E-state index contributed by atoms with van der Waals surface area (Å²) in [4.78, 5) is 19.0. The summed E-state index contributed by atoms with van der Waals surface area (Å²) >= 11 is 1.49. The molecule has 6 nitrogen and oxygen atoms in total. The molecule has 4 rings (SSSR count). The first-order valence-corrected chi connectivity index (χ1v) is 10.9. The van der Waals surface area contributed by atoms with Crippen LogP contribution in [0.5, 0.6) is 0 Å². The zero-order valence-corrected chi connectivity index (χ0v) is 17.4. The molecule has 1 amide bonds. The summed E-state index contributed by atoms with van der Waals surface area (Å²) < 4.78 is 2.09. The highest BCUT2D eigenvalue weighted by atomic mass is 32.2. The Balaban J connectivity index is 1.60. The van der Waals surface area contributed by atoms with E-state index in [2.05, 4.69) is 31.9 Å². The van der Waals surface area contributed by atoms with E-state index in [1.54, 1.807) is 12.4 Å². The van der Waals surface area contributed by atoms with Crippen molar-refractivity contribution in [3.05, 3.63) is 60.4 Å². The first kappa shape index (κ1) is 19.6. The quantitative estimate of drug-likeness (QED) is 0.580. The van der Waals surface area contributed by atoms with Crippen LogP contribution < -0.4 is 0 Å². The van der Waals surface area contributed by atoms with Gasteiger partial charge in [0.05, 0.1) is 11.8 Å². The molecule has 3 heterocycles. The Labute approximate surface area is 175 Å². The normalized spacial score (nSPS) is 15.3. The van der Waals surface area contributed by atoms with Crippen molar-refractivity contribution >= 4 is 17.7 Å². The van der Waals surface area contributed by atoms with E-state index in [1.165, 1.54) is 23.7 Å². The molecule has 29 heavy (non-hydrogen) atoms. The lowest BCUT2D eigenvalue weighted by Crippen LogP contribution is -2.40. The second-order valence-electron chi connectivity index (χ2n) is 7.26. The molecule has 1 aliphatic heterocycles. The van der Waals surface area contributed by atoms with Crippen molar-refractivity contribution in [3.8, 4) is 11.4 Å². The van der Waals surface area contributed by atoms with Crippen LogP contribution in [-0.4, -0.2) is 48.9 Å². The predicted molar refractivity (Wildman–Crippen MR) is 115 cm³/mol. The molecule has 3 aromatic rings. The van der Waals surface area contributed by atoms with Crippen LogP contribution >= 0.6 is 11.8 Å². The standard InChI is InChI=1S/C22H25N5OS/c1-17(21(28)26-14-6-3-7-15-26)29-22-25-24-20(19-10-12-23-13-11-19)27(22)16-18-8-4-2-5-9-18/h2,4-5,8-13,17H,3,6-7,14-16H2,1H3/t17-/m1/s1. The van der Waals surface area contributed by atoms with Crippen molar-refractivity contribution in [2.45, 2.75) is 43.1 Å². The lowest BCUT2D eigenvalue weighted by Gasteiger charge is -2.28. The number of carbonyl (C=O) groups is 1. The zero-order chi connectivity index (χ0) is 20.1. The first-order valence-electron chi connectivity index (χ1n) is 10.1. The maximum atomic E-state index is 12.9. The number of hydrogen-bond donors (Lipinski definition) is 0. The van der Waals surface area contributed by atoms with Crippen LogP contribution in [0, 0.1) is 0 Å². The summed E-state index contributed by atoms with van der Waals surface area (Å²) in [5.74, 6) is 0.978. The Morgan fingerprint density at radius 2 is 1.76 bits per heavy atom. The minimum absolute atomic E-state index is 0.189. The van der Waals surface area contributed by atoms with Gasteiger partial charge < -0.3 is 4.90 Å². The van der Waals surface area contributed by atoms with Gasteiger partial charge in [-0.3, -0.25) is 14.3 Å². The second kappa shape index (κ2) is 9.22. The fourth-order valence-electron chi connectivity index (χ4n) is 3.58. The van der Waals surface area contributed by atoms with Crippen LogP contribution in [0.25, 0.3) is 11.4 Å². The molecule has 1 aliphatic rings. The van der Waals surface area contributed by atoms with Gasteiger partial charge in [0, 0.05) is 31.0 Å². The van der Waals surface area contributed by atoms with Gasteiger partial charge in [-0.2, -0.15) is 0 Å². The third-order valence-electron chi connectivity index (χ3n) is 5.14. The van der Waals surface area contributed by atoms with E-state index in [0.29, 0.717) is 6.54 Å². The fourth-order valence-corrected chi connectivity index (χ4v) is 4.51. The van der Waals surface area contributed by atoms with Crippen molar-refractivity contribution in [2.75, 3.05) is 13.1 Å². The Kier molecular flexibility index (Phi) is 6.24. The number of amides is 1. The number of carbonyl (C=O) groups excluding carboxylic acids is 1. The van der Waals surface area contributed by atoms with Gasteiger partial charge in [0.25, 0.3) is 0 Å². The van der Waals surface area contributed by atoms with Gasteiger partial charge in [-0.05, 0) is 43.9 Å². The Bertz CT molecular complexity index is 938. The molecule has 0 unspecified atom stereocenters. The molecular weight excluding hydrogens is 382 g/mol. The maximum absolute atomic E-state index is 12.9. The summed E-state index contributed by atoms with van der Waals surface area (Å²) in [5, 5.41) is 9.45. The van der Waals surface area contributed by atoms with Crippen LogP contribution in [-0.2, 0) is 11.3 Å². The highest BCUT2D eigenvalue weighted by Gasteiger charge is 2.25. The number of thioether (sulfide) groups is 1.